The van der Waals surface area contributed by atoms with E-state index in [2.05, 4.69) is 10.3 Å². The van der Waals surface area contributed by atoms with Crippen molar-refractivity contribution in [2.24, 2.45) is 5.92 Å². The summed E-state index contributed by atoms with van der Waals surface area (Å²) in [7, 11) is 0. The van der Waals surface area contributed by atoms with Gasteiger partial charge < -0.3 is 5.32 Å². The van der Waals surface area contributed by atoms with E-state index in [1.807, 2.05) is 37.4 Å². The van der Waals surface area contributed by atoms with Gasteiger partial charge in [-0.3, -0.25) is 14.6 Å². The molecule has 4 nitrogen and oxygen atoms in total. The number of anilines is 1. The molecule has 0 saturated heterocycles. The van der Waals surface area contributed by atoms with Crippen LogP contribution < -0.4 is 5.32 Å². The van der Waals surface area contributed by atoms with Crippen LogP contribution in [0.5, 0.6) is 0 Å². The Morgan fingerprint density at radius 3 is 2.73 bits per heavy atom. The number of amides is 1. The van der Waals surface area contributed by atoms with E-state index in [9.17, 15) is 9.59 Å². The number of Topliss-reactive ketones (excluding diaryl/α,β-unsaturated/α-hetero) is 1. The first kappa shape index (κ1) is 14.4. The van der Waals surface area contributed by atoms with Crippen LogP contribution in [-0.2, 0) is 4.79 Å². The summed E-state index contributed by atoms with van der Waals surface area (Å²) in [6.07, 6.45) is 4.37. The van der Waals surface area contributed by atoms with E-state index < -0.39 is 0 Å². The van der Waals surface area contributed by atoms with Gasteiger partial charge in [-0.1, -0.05) is 18.2 Å². The molecule has 1 heterocycles. The van der Waals surface area contributed by atoms with E-state index in [1.165, 1.54) is 6.92 Å². The van der Waals surface area contributed by atoms with Crippen LogP contribution in [0.2, 0.25) is 0 Å². The molecule has 0 spiro atoms. The number of nitrogens with zero attached hydrogens (tertiary/aromatic N) is 1. The minimum atomic E-state index is -0.0375. The maximum atomic E-state index is 12.4. The van der Waals surface area contributed by atoms with Crippen LogP contribution in [0.15, 0.2) is 42.7 Å². The molecule has 1 aromatic carbocycles. The number of nitrogens with one attached hydrogen (secondary N) is 1. The highest BCUT2D eigenvalue weighted by Gasteiger charge is 2.44. The van der Waals surface area contributed by atoms with Crippen LogP contribution in [0, 0.1) is 12.8 Å². The zero-order chi connectivity index (χ0) is 15.7. The van der Waals surface area contributed by atoms with Crippen molar-refractivity contribution in [3.63, 3.8) is 0 Å². The van der Waals surface area contributed by atoms with Crippen molar-refractivity contribution >= 4 is 17.4 Å². The molecule has 0 radical (unpaired) electrons. The second kappa shape index (κ2) is 5.72. The molecule has 0 aliphatic heterocycles. The molecule has 112 valence electrons. The van der Waals surface area contributed by atoms with Crippen LogP contribution in [-0.4, -0.2) is 16.7 Å². The van der Waals surface area contributed by atoms with Crippen LogP contribution in [0.3, 0.4) is 0 Å². The number of ketones is 1. The first-order valence-electron chi connectivity index (χ1n) is 7.39. The molecule has 2 aromatic rings. The van der Waals surface area contributed by atoms with E-state index >= 15 is 0 Å². The van der Waals surface area contributed by atoms with Gasteiger partial charge >= 0.3 is 0 Å². The Hall–Kier alpha value is -2.49. The predicted octanol–water partition coefficient (Wildman–Crippen LogP) is 3.33. The van der Waals surface area contributed by atoms with Gasteiger partial charge in [-0.25, -0.2) is 0 Å². The fourth-order valence-electron chi connectivity index (χ4n) is 2.91. The quantitative estimate of drug-likeness (QED) is 0.880. The smallest absolute Gasteiger partial charge is 0.228 e. The SMILES string of the molecule is CC(=O)c1c(C)cccc1NC(=O)[C@@H]1C[C@H]1c1cccnc1. The molecule has 1 N–H and O–H groups in total. The van der Waals surface area contributed by atoms with Crippen LogP contribution in [0.4, 0.5) is 5.69 Å². The molecule has 1 aliphatic rings. The lowest BCUT2D eigenvalue weighted by atomic mass is 10.0. The number of benzene rings is 1. The monoisotopic (exact) mass is 294 g/mol. The number of pyridine rings is 1. The van der Waals surface area contributed by atoms with Crippen LogP contribution in [0.25, 0.3) is 0 Å². The highest BCUT2D eigenvalue weighted by atomic mass is 16.2. The molecule has 1 saturated carbocycles. The normalized spacial score (nSPS) is 19.5. The van der Waals surface area contributed by atoms with Crippen molar-refractivity contribution in [1.29, 1.82) is 0 Å². The van der Waals surface area contributed by atoms with Gasteiger partial charge in [0.25, 0.3) is 0 Å². The van der Waals surface area contributed by atoms with Crippen molar-refractivity contribution in [3.8, 4) is 0 Å². The molecular formula is C18H18N2O2. The third kappa shape index (κ3) is 2.77. The largest absolute Gasteiger partial charge is 0.325 e. The molecule has 1 amide bonds. The number of rotatable bonds is 4. The Morgan fingerprint density at radius 2 is 2.05 bits per heavy atom. The predicted molar refractivity (Wildman–Crippen MR) is 84.9 cm³/mol. The molecule has 22 heavy (non-hydrogen) atoms. The second-order valence-corrected chi connectivity index (χ2v) is 5.78. The Balaban J connectivity index is 1.74. The lowest BCUT2D eigenvalue weighted by Gasteiger charge is -2.11. The van der Waals surface area contributed by atoms with Gasteiger partial charge in [-0.15, -0.1) is 0 Å². The van der Waals surface area contributed by atoms with Gasteiger partial charge in [-0.05, 0) is 49.4 Å². The summed E-state index contributed by atoms with van der Waals surface area (Å²) in [5.41, 5.74) is 3.17. The minimum Gasteiger partial charge on any atom is -0.325 e. The molecular weight excluding hydrogens is 276 g/mol. The summed E-state index contributed by atoms with van der Waals surface area (Å²) in [4.78, 5) is 28.3. The maximum absolute atomic E-state index is 12.4. The standard InChI is InChI=1S/C18H18N2O2/c1-11-5-3-7-16(17(11)12(2)21)20-18(22)15-9-14(15)13-6-4-8-19-10-13/h3-8,10,14-15H,9H2,1-2H3,(H,20,22)/t14-,15+/m0/s1. The molecule has 1 aromatic heterocycles. The zero-order valence-corrected chi connectivity index (χ0v) is 12.7. The van der Waals surface area contributed by atoms with Crippen LogP contribution in [0.1, 0.15) is 40.7 Å². The van der Waals surface area contributed by atoms with Crippen LogP contribution >= 0.6 is 0 Å². The number of hydrogen-bond acceptors (Lipinski definition) is 3. The summed E-state index contributed by atoms with van der Waals surface area (Å²) in [6.45, 7) is 3.40. The molecule has 1 fully saturated rings. The van der Waals surface area contributed by atoms with Gasteiger partial charge in [0.05, 0.1) is 5.69 Å². The number of hydrogen-bond donors (Lipinski definition) is 1. The molecule has 2 atom stereocenters. The lowest BCUT2D eigenvalue weighted by molar-refractivity contribution is -0.117. The Morgan fingerprint density at radius 1 is 1.23 bits per heavy atom. The first-order valence-corrected chi connectivity index (χ1v) is 7.39. The maximum Gasteiger partial charge on any atom is 0.228 e. The van der Waals surface area contributed by atoms with Crippen molar-refractivity contribution in [2.75, 3.05) is 5.32 Å². The zero-order valence-electron chi connectivity index (χ0n) is 12.7. The summed E-state index contributed by atoms with van der Waals surface area (Å²) in [5.74, 6) is 0.138. The highest BCUT2D eigenvalue weighted by molar-refractivity contribution is 6.05. The lowest BCUT2D eigenvalue weighted by Crippen LogP contribution is -2.17. The average molecular weight is 294 g/mol. The molecule has 4 heteroatoms. The first-order chi connectivity index (χ1) is 10.6. The van der Waals surface area contributed by atoms with Crippen molar-refractivity contribution in [2.45, 2.75) is 26.2 Å². The van der Waals surface area contributed by atoms with E-state index in [4.69, 9.17) is 0 Å². The Bertz CT molecular complexity index is 725. The van der Waals surface area contributed by atoms with Gasteiger partial charge in [-0.2, -0.15) is 0 Å². The molecule has 0 bridgehead atoms. The van der Waals surface area contributed by atoms with Crippen molar-refractivity contribution < 1.29 is 9.59 Å². The summed E-state index contributed by atoms with van der Waals surface area (Å²) in [6, 6.07) is 9.39. The number of carbonyl (C=O) groups excluding carboxylic acids is 2. The Labute approximate surface area is 129 Å². The third-order valence-electron chi connectivity index (χ3n) is 4.12. The van der Waals surface area contributed by atoms with Gasteiger partial charge in [0.15, 0.2) is 5.78 Å². The minimum absolute atomic E-state index is 0.0260. The number of carbonyl (C=O) groups is 2. The molecule has 3 rings (SSSR count). The fraction of sp³-hybridized carbons (Fsp3) is 0.278. The number of aryl methyl sites for hydroxylation is 1. The number of aromatic nitrogens is 1. The Kier molecular flexibility index (Phi) is 3.75. The van der Waals surface area contributed by atoms with Gasteiger partial charge in [0.2, 0.25) is 5.91 Å². The third-order valence-corrected chi connectivity index (χ3v) is 4.12. The van der Waals surface area contributed by atoms with Crippen molar-refractivity contribution in [1.82, 2.24) is 4.98 Å². The summed E-state index contributed by atoms with van der Waals surface area (Å²) < 4.78 is 0. The van der Waals surface area contributed by atoms with E-state index in [0.717, 1.165) is 17.5 Å². The van der Waals surface area contributed by atoms with E-state index in [1.54, 1.807) is 12.3 Å². The summed E-state index contributed by atoms with van der Waals surface area (Å²) >= 11 is 0. The second-order valence-electron chi connectivity index (χ2n) is 5.78. The fourth-order valence-corrected chi connectivity index (χ4v) is 2.91. The summed E-state index contributed by atoms with van der Waals surface area (Å²) in [5, 5.41) is 2.91. The van der Waals surface area contributed by atoms with Crippen molar-refractivity contribution in [3.05, 3.63) is 59.4 Å². The topological polar surface area (TPSA) is 59.1 Å². The van der Waals surface area contributed by atoms with Gasteiger partial charge in [0.1, 0.15) is 0 Å². The molecule has 1 aliphatic carbocycles. The van der Waals surface area contributed by atoms with E-state index in [0.29, 0.717) is 11.3 Å². The average Bonchev–Trinajstić information content (AvgIpc) is 3.28. The van der Waals surface area contributed by atoms with Gasteiger partial charge in [0, 0.05) is 23.9 Å². The molecule has 0 unspecified atom stereocenters. The highest BCUT2D eigenvalue weighted by Crippen LogP contribution is 2.47. The van der Waals surface area contributed by atoms with E-state index in [-0.39, 0.29) is 23.5 Å².